The van der Waals surface area contributed by atoms with E-state index in [1.54, 1.807) is 0 Å². The summed E-state index contributed by atoms with van der Waals surface area (Å²) in [6.07, 6.45) is 6.66. The molecule has 78 valence electrons. The van der Waals surface area contributed by atoms with E-state index in [1.807, 2.05) is 6.33 Å². The zero-order valence-corrected chi connectivity index (χ0v) is 8.69. The van der Waals surface area contributed by atoms with E-state index in [2.05, 4.69) is 21.7 Å². The van der Waals surface area contributed by atoms with Crippen LogP contribution < -0.4 is 5.73 Å². The molecular formula is C10H18N4. The second-order valence-electron chi connectivity index (χ2n) is 4.05. The van der Waals surface area contributed by atoms with Gasteiger partial charge in [-0.1, -0.05) is 13.3 Å². The molecule has 14 heavy (non-hydrogen) atoms. The van der Waals surface area contributed by atoms with Crippen molar-refractivity contribution in [3.8, 4) is 0 Å². The van der Waals surface area contributed by atoms with Gasteiger partial charge >= 0.3 is 0 Å². The summed E-state index contributed by atoms with van der Waals surface area (Å²) in [4.78, 5) is 0. The Morgan fingerprint density at radius 1 is 1.64 bits per heavy atom. The zero-order chi connectivity index (χ0) is 9.97. The van der Waals surface area contributed by atoms with Crippen LogP contribution in [0.3, 0.4) is 0 Å². The predicted molar refractivity (Wildman–Crippen MR) is 55.0 cm³/mol. The molecule has 2 N–H and O–H groups in total. The monoisotopic (exact) mass is 194 g/mol. The standard InChI is InChI=1S/C10H18N4/c1-2-3-8(6-11)10-13-12-7-14(10)9-4-5-9/h7-9H,2-6,11H2,1H3. The number of hydrogen-bond acceptors (Lipinski definition) is 3. The van der Waals surface area contributed by atoms with E-state index in [1.165, 1.54) is 12.8 Å². The van der Waals surface area contributed by atoms with Crippen LogP contribution >= 0.6 is 0 Å². The molecule has 0 aromatic carbocycles. The lowest BCUT2D eigenvalue weighted by Gasteiger charge is -2.13. The maximum Gasteiger partial charge on any atom is 0.137 e. The van der Waals surface area contributed by atoms with Gasteiger partial charge in [0.1, 0.15) is 12.2 Å². The highest BCUT2D eigenvalue weighted by Gasteiger charge is 2.28. The third-order valence-electron chi connectivity index (χ3n) is 2.83. The highest BCUT2D eigenvalue weighted by atomic mass is 15.3. The SMILES string of the molecule is CCCC(CN)c1nncn1C1CC1. The summed E-state index contributed by atoms with van der Waals surface area (Å²) in [5, 5.41) is 8.19. The first-order valence-electron chi connectivity index (χ1n) is 5.46. The summed E-state index contributed by atoms with van der Waals surface area (Å²) in [7, 11) is 0. The molecule has 0 saturated heterocycles. The average Bonchev–Trinajstić information content (AvgIpc) is 2.94. The Morgan fingerprint density at radius 3 is 3.00 bits per heavy atom. The van der Waals surface area contributed by atoms with Crippen molar-refractivity contribution in [3.05, 3.63) is 12.2 Å². The summed E-state index contributed by atoms with van der Waals surface area (Å²) >= 11 is 0. The average molecular weight is 194 g/mol. The quantitative estimate of drug-likeness (QED) is 0.772. The molecule has 1 aromatic heterocycles. The molecule has 0 spiro atoms. The van der Waals surface area contributed by atoms with E-state index >= 15 is 0 Å². The van der Waals surface area contributed by atoms with Gasteiger partial charge < -0.3 is 10.3 Å². The van der Waals surface area contributed by atoms with Gasteiger partial charge in [-0.3, -0.25) is 0 Å². The van der Waals surface area contributed by atoms with Crippen LogP contribution in [0.25, 0.3) is 0 Å². The van der Waals surface area contributed by atoms with Gasteiger partial charge in [-0.2, -0.15) is 0 Å². The summed E-state index contributed by atoms with van der Waals surface area (Å²) in [5.74, 6) is 1.49. The fraction of sp³-hybridized carbons (Fsp3) is 0.800. The van der Waals surface area contributed by atoms with Crippen LogP contribution in [0, 0.1) is 0 Å². The molecule has 1 aromatic rings. The number of hydrogen-bond donors (Lipinski definition) is 1. The van der Waals surface area contributed by atoms with Crippen molar-refractivity contribution in [2.75, 3.05) is 6.54 Å². The van der Waals surface area contributed by atoms with Crippen molar-refractivity contribution in [1.29, 1.82) is 0 Å². The van der Waals surface area contributed by atoms with Crippen LogP contribution in [0.15, 0.2) is 6.33 Å². The van der Waals surface area contributed by atoms with Gasteiger partial charge in [0.2, 0.25) is 0 Å². The molecule has 1 aliphatic rings. The van der Waals surface area contributed by atoms with Crippen molar-refractivity contribution < 1.29 is 0 Å². The first-order valence-corrected chi connectivity index (χ1v) is 5.46. The third kappa shape index (κ3) is 1.80. The Kier molecular flexibility index (Phi) is 2.82. The summed E-state index contributed by atoms with van der Waals surface area (Å²) in [6, 6.07) is 0.658. The first kappa shape index (κ1) is 9.65. The van der Waals surface area contributed by atoms with E-state index < -0.39 is 0 Å². The smallest absolute Gasteiger partial charge is 0.137 e. The molecule has 1 fully saturated rings. The maximum absolute atomic E-state index is 5.76. The molecular weight excluding hydrogens is 176 g/mol. The van der Waals surface area contributed by atoms with Crippen molar-refractivity contribution in [1.82, 2.24) is 14.8 Å². The molecule has 4 nitrogen and oxygen atoms in total. The molecule has 0 aliphatic heterocycles. The highest BCUT2D eigenvalue weighted by Crippen LogP contribution is 2.36. The molecule has 1 unspecified atom stereocenters. The normalized spacial score (nSPS) is 18.4. The predicted octanol–water partition coefficient (Wildman–Crippen LogP) is 1.46. The molecule has 1 aliphatic carbocycles. The summed E-state index contributed by atoms with van der Waals surface area (Å²) < 4.78 is 2.22. The van der Waals surface area contributed by atoms with Gasteiger partial charge in [-0.05, 0) is 19.3 Å². The van der Waals surface area contributed by atoms with E-state index in [0.717, 1.165) is 18.7 Å². The van der Waals surface area contributed by atoms with Crippen molar-refractivity contribution >= 4 is 0 Å². The van der Waals surface area contributed by atoms with Crippen LogP contribution in [0.1, 0.15) is 50.4 Å². The van der Waals surface area contributed by atoms with Gasteiger partial charge in [0.05, 0.1) is 0 Å². The minimum atomic E-state index is 0.392. The number of aromatic nitrogens is 3. The van der Waals surface area contributed by atoms with Crippen molar-refractivity contribution in [3.63, 3.8) is 0 Å². The molecule has 0 bridgehead atoms. The van der Waals surface area contributed by atoms with Crippen molar-refractivity contribution in [2.45, 2.75) is 44.6 Å². The fourth-order valence-electron chi connectivity index (χ4n) is 1.88. The van der Waals surface area contributed by atoms with Gasteiger partial charge in [0.25, 0.3) is 0 Å². The molecule has 2 rings (SSSR count). The number of nitrogens with two attached hydrogens (primary N) is 1. The molecule has 4 heteroatoms. The lowest BCUT2D eigenvalue weighted by atomic mass is 10.0. The van der Waals surface area contributed by atoms with Crippen LogP contribution in [-0.2, 0) is 0 Å². The lowest BCUT2D eigenvalue weighted by Crippen LogP contribution is -2.17. The molecule has 1 saturated carbocycles. The molecule has 0 radical (unpaired) electrons. The van der Waals surface area contributed by atoms with E-state index in [-0.39, 0.29) is 0 Å². The van der Waals surface area contributed by atoms with Crippen LogP contribution in [0.2, 0.25) is 0 Å². The molecule has 0 amide bonds. The first-order chi connectivity index (χ1) is 6.86. The van der Waals surface area contributed by atoms with Gasteiger partial charge in [-0.15, -0.1) is 10.2 Å². The minimum absolute atomic E-state index is 0.392. The Labute approximate surface area is 84.5 Å². The van der Waals surface area contributed by atoms with Crippen LogP contribution in [-0.4, -0.2) is 21.3 Å². The minimum Gasteiger partial charge on any atom is -0.330 e. The number of rotatable bonds is 5. The molecule has 1 atom stereocenters. The summed E-state index contributed by atoms with van der Waals surface area (Å²) in [5.41, 5.74) is 5.76. The van der Waals surface area contributed by atoms with E-state index in [4.69, 9.17) is 5.73 Å². The third-order valence-corrected chi connectivity index (χ3v) is 2.83. The molecule has 1 heterocycles. The summed E-state index contributed by atoms with van der Waals surface area (Å²) in [6.45, 7) is 2.86. The largest absolute Gasteiger partial charge is 0.330 e. The lowest BCUT2D eigenvalue weighted by molar-refractivity contribution is 0.545. The van der Waals surface area contributed by atoms with Gasteiger partial charge in [0.15, 0.2) is 0 Å². The second-order valence-corrected chi connectivity index (χ2v) is 4.05. The number of nitrogens with zero attached hydrogens (tertiary/aromatic N) is 3. The van der Waals surface area contributed by atoms with E-state index in [0.29, 0.717) is 18.5 Å². The van der Waals surface area contributed by atoms with Gasteiger partial charge in [0, 0.05) is 18.5 Å². The van der Waals surface area contributed by atoms with E-state index in [9.17, 15) is 0 Å². The van der Waals surface area contributed by atoms with Crippen LogP contribution in [0.5, 0.6) is 0 Å². The maximum atomic E-state index is 5.76. The Bertz CT molecular complexity index is 290. The zero-order valence-electron chi connectivity index (χ0n) is 8.69. The topological polar surface area (TPSA) is 56.7 Å². The van der Waals surface area contributed by atoms with Crippen molar-refractivity contribution in [2.24, 2.45) is 5.73 Å². The second kappa shape index (κ2) is 4.09. The Balaban J connectivity index is 2.15. The Morgan fingerprint density at radius 2 is 2.43 bits per heavy atom. The Hall–Kier alpha value is -0.900. The van der Waals surface area contributed by atoms with Gasteiger partial charge in [-0.25, -0.2) is 0 Å². The fourth-order valence-corrected chi connectivity index (χ4v) is 1.88. The highest BCUT2D eigenvalue weighted by molar-refractivity contribution is 5.01. The van der Waals surface area contributed by atoms with Crippen LogP contribution in [0.4, 0.5) is 0 Å².